The van der Waals surface area contributed by atoms with Crippen molar-refractivity contribution in [2.45, 2.75) is 40.0 Å². The van der Waals surface area contributed by atoms with Gasteiger partial charge in [-0.05, 0) is 30.7 Å². The second kappa shape index (κ2) is 5.49. The van der Waals surface area contributed by atoms with Gasteiger partial charge in [0.25, 0.3) is 6.43 Å². The lowest BCUT2D eigenvalue weighted by Crippen LogP contribution is -2.57. The largest absolute Gasteiger partial charge is 0.307 e. The number of hydrogen-bond donors (Lipinski definition) is 0. The standard InChI is InChI=1S/C16H22F2N2O/c1-5-16-8-11(19-4)14(21)15(2,3)12(16)6-7-20(10-16)9-13(17)18/h8,12-13H,5-7,9-10H2,1-3H3/t12-,16+/m0/s1. The van der Waals surface area contributed by atoms with Gasteiger partial charge in [-0.25, -0.2) is 13.6 Å². The number of ketones is 1. The first-order valence-corrected chi connectivity index (χ1v) is 7.42. The maximum atomic E-state index is 12.7. The van der Waals surface area contributed by atoms with Gasteiger partial charge in [0.15, 0.2) is 5.78 Å². The van der Waals surface area contributed by atoms with E-state index in [1.165, 1.54) is 0 Å². The van der Waals surface area contributed by atoms with Crippen molar-refractivity contribution in [2.24, 2.45) is 16.7 Å². The maximum absolute atomic E-state index is 12.7. The van der Waals surface area contributed by atoms with Crippen molar-refractivity contribution in [3.63, 3.8) is 0 Å². The Morgan fingerprint density at radius 2 is 2.19 bits per heavy atom. The van der Waals surface area contributed by atoms with Gasteiger partial charge in [-0.1, -0.05) is 26.8 Å². The Labute approximate surface area is 124 Å². The van der Waals surface area contributed by atoms with Crippen LogP contribution in [0.3, 0.4) is 0 Å². The molecule has 0 unspecified atom stereocenters. The van der Waals surface area contributed by atoms with Crippen molar-refractivity contribution in [1.29, 1.82) is 0 Å². The molecule has 1 aliphatic heterocycles. The van der Waals surface area contributed by atoms with Gasteiger partial charge in [0.2, 0.25) is 5.70 Å². The lowest BCUT2D eigenvalue weighted by molar-refractivity contribution is -0.133. The third-order valence-electron chi connectivity index (χ3n) is 5.23. The molecule has 21 heavy (non-hydrogen) atoms. The minimum atomic E-state index is -2.35. The Bertz CT molecular complexity index is 507. The Morgan fingerprint density at radius 3 is 2.71 bits per heavy atom. The fourth-order valence-corrected chi connectivity index (χ4v) is 4.15. The summed E-state index contributed by atoms with van der Waals surface area (Å²) >= 11 is 0. The third kappa shape index (κ3) is 2.62. The molecule has 0 bridgehead atoms. The van der Waals surface area contributed by atoms with Gasteiger partial charge < -0.3 is 4.79 Å². The Kier molecular flexibility index (Phi) is 4.21. The molecular weight excluding hydrogens is 274 g/mol. The highest BCUT2D eigenvalue weighted by Crippen LogP contribution is 2.54. The van der Waals surface area contributed by atoms with Crippen LogP contribution in [0.4, 0.5) is 8.78 Å². The number of Topliss-reactive ketones (excluding diaryl/α,β-unsaturated/α-hetero) is 1. The number of carbonyl (C=O) groups excluding carboxylic acids is 1. The van der Waals surface area contributed by atoms with Crippen molar-refractivity contribution in [3.8, 4) is 0 Å². The minimum absolute atomic E-state index is 0.103. The zero-order valence-corrected chi connectivity index (χ0v) is 12.8. The van der Waals surface area contributed by atoms with Crippen LogP contribution in [0.15, 0.2) is 11.8 Å². The van der Waals surface area contributed by atoms with Crippen molar-refractivity contribution in [2.75, 3.05) is 19.6 Å². The molecule has 116 valence electrons. The molecule has 1 fully saturated rings. The fraction of sp³-hybridized carbons (Fsp3) is 0.750. The number of likely N-dealkylation sites (tertiary alicyclic amines) is 1. The molecular formula is C16H22F2N2O. The zero-order chi connectivity index (χ0) is 15.8. The summed E-state index contributed by atoms with van der Waals surface area (Å²) in [6, 6.07) is 0. The van der Waals surface area contributed by atoms with E-state index in [9.17, 15) is 13.6 Å². The molecule has 1 heterocycles. The average molecular weight is 296 g/mol. The number of alkyl halides is 2. The zero-order valence-electron chi connectivity index (χ0n) is 12.8. The summed E-state index contributed by atoms with van der Waals surface area (Å²) in [7, 11) is 0. The second-order valence-electron chi connectivity index (χ2n) is 6.75. The second-order valence-corrected chi connectivity index (χ2v) is 6.75. The lowest BCUT2D eigenvalue weighted by atomic mass is 9.54. The Balaban J connectivity index is 2.41. The van der Waals surface area contributed by atoms with Crippen LogP contribution in [-0.4, -0.2) is 36.7 Å². The van der Waals surface area contributed by atoms with Crippen LogP contribution in [0.5, 0.6) is 0 Å². The van der Waals surface area contributed by atoms with Crippen LogP contribution < -0.4 is 0 Å². The molecule has 0 aromatic carbocycles. The van der Waals surface area contributed by atoms with Crippen LogP contribution in [0.25, 0.3) is 4.85 Å². The van der Waals surface area contributed by atoms with Crippen molar-refractivity contribution in [1.82, 2.24) is 4.90 Å². The van der Waals surface area contributed by atoms with E-state index in [1.807, 2.05) is 20.8 Å². The topological polar surface area (TPSA) is 24.7 Å². The molecule has 1 aliphatic carbocycles. The highest BCUT2D eigenvalue weighted by atomic mass is 19.3. The molecule has 1 saturated heterocycles. The molecule has 0 spiro atoms. The molecule has 0 aromatic heterocycles. The van der Waals surface area contributed by atoms with Crippen molar-refractivity contribution < 1.29 is 13.6 Å². The number of rotatable bonds is 3. The number of halogens is 2. The van der Waals surface area contributed by atoms with Crippen LogP contribution in [0.2, 0.25) is 0 Å². The van der Waals surface area contributed by atoms with Gasteiger partial charge in [-0.15, -0.1) is 0 Å². The summed E-state index contributed by atoms with van der Waals surface area (Å²) in [6.45, 7) is 13.9. The highest BCUT2D eigenvalue weighted by molar-refractivity contribution is 6.02. The van der Waals surface area contributed by atoms with Gasteiger partial charge in [-0.2, -0.15) is 0 Å². The van der Waals surface area contributed by atoms with E-state index in [0.717, 1.165) is 12.8 Å². The number of hydrogen-bond acceptors (Lipinski definition) is 2. The van der Waals surface area contributed by atoms with E-state index in [0.29, 0.717) is 13.1 Å². The minimum Gasteiger partial charge on any atom is -0.307 e. The maximum Gasteiger partial charge on any atom is 0.251 e. The number of nitrogens with zero attached hydrogens (tertiary/aromatic N) is 2. The van der Waals surface area contributed by atoms with Crippen LogP contribution >= 0.6 is 0 Å². The number of piperidine rings is 1. The summed E-state index contributed by atoms with van der Waals surface area (Å²) in [5, 5.41) is 0. The number of carbonyl (C=O) groups is 1. The first kappa shape index (κ1) is 16.1. The normalized spacial score (nSPS) is 32.5. The van der Waals surface area contributed by atoms with E-state index in [1.54, 1.807) is 11.0 Å². The van der Waals surface area contributed by atoms with E-state index < -0.39 is 11.8 Å². The number of allylic oxidation sites excluding steroid dienone is 1. The summed E-state index contributed by atoms with van der Waals surface area (Å²) in [6.07, 6.45) is 0.905. The molecule has 0 radical (unpaired) electrons. The molecule has 5 heteroatoms. The van der Waals surface area contributed by atoms with Gasteiger partial charge in [-0.3, -0.25) is 4.90 Å². The Hall–Kier alpha value is -1.28. The smallest absolute Gasteiger partial charge is 0.251 e. The van der Waals surface area contributed by atoms with E-state index in [-0.39, 0.29) is 29.4 Å². The fourth-order valence-electron chi connectivity index (χ4n) is 4.15. The molecule has 2 aliphatic rings. The van der Waals surface area contributed by atoms with E-state index in [2.05, 4.69) is 4.85 Å². The SMILES string of the molecule is [C-]#[N+]C1=C[C@]2(CC)CN(CC(F)F)CC[C@H]2C(C)(C)C1=O. The van der Waals surface area contributed by atoms with E-state index >= 15 is 0 Å². The monoisotopic (exact) mass is 296 g/mol. The Morgan fingerprint density at radius 1 is 1.52 bits per heavy atom. The summed E-state index contributed by atoms with van der Waals surface area (Å²) in [5.74, 6) is 0.0100. The van der Waals surface area contributed by atoms with Gasteiger partial charge in [0.05, 0.1) is 13.1 Å². The average Bonchev–Trinajstić information content (AvgIpc) is 2.42. The predicted octanol–water partition coefficient (Wildman–Crippen LogP) is 3.38. The third-order valence-corrected chi connectivity index (χ3v) is 5.23. The van der Waals surface area contributed by atoms with Crippen LogP contribution in [-0.2, 0) is 4.79 Å². The van der Waals surface area contributed by atoms with Crippen LogP contribution in [0, 0.1) is 23.3 Å². The predicted molar refractivity (Wildman–Crippen MR) is 76.7 cm³/mol. The van der Waals surface area contributed by atoms with Crippen LogP contribution in [0.1, 0.15) is 33.6 Å². The van der Waals surface area contributed by atoms with Crippen molar-refractivity contribution >= 4 is 5.78 Å². The molecule has 0 aromatic rings. The van der Waals surface area contributed by atoms with Crippen molar-refractivity contribution in [3.05, 3.63) is 23.2 Å². The molecule has 0 amide bonds. The van der Waals surface area contributed by atoms with Gasteiger partial charge >= 0.3 is 0 Å². The molecule has 2 atom stereocenters. The summed E-state index contributed by atoms with van der Waals surface area (Å²) in [4.78, 5) is 17.6. The highest BCUT2D eigenvalue weighted by Gasteiger charge is 2.54. The molecule has 3 nitrogen and oxygen atoms in total. The summed E-state index contributed by atoms with van der Waals surface area (Å²) in [5.41, 5.74) is -0.761. The van der Waals surface area contributed by atoms with Gasteiger partial charge in [0.1, 0.15) is 0 Å². The lowest BCUT2D eigenvalue weighted by Gasteiger charge is -2.54. The number of fused-ring (bicyclic) bond motifs is 1. The van der Waals surface area contributed by atoms with E-state index in [4.69, 9.17) is 6.57 Å². The quantitative estimate of drug-likeness (QED) is 0.746. The molecule has 0 N–H and O–H groups in total. The first-order valence-electron chi connectivity index (χ1n) is 7.42. The summed E-state index contributed by atoms with van der Waals surface area (Å²) < 4.78 is 25.3. The van der Waals surface area contributed by atoms with Gasteiger partial charge in [0, 0.05) is 12.0 Å². The molecule has 2 rings (SSSR count). The molecule has 0 saturated carbocycles. The first-order chi connectivity index (χ1) is 9.76.